The lowest BCUT2D eigenvalue weighted by Crippen LogP contribution is -2.42. The summed E-state index contributed by atoms with van der Waals surface area (Å²) >= 11 is 6.14. The van der Waals surface area contributed by atoms with Gasteiger partial charge in [-0.05, 0) is 49.6 Å². The molecular formula is C20H26ClIN4O2. The van der Waals surface area contributed by atoms with Gasteiger partial charge in [-0.25, -0.2) is 0 Å². The maximum absolute atomic E-state index is 11.8. The second-order valence-corrected chi connectivity index (χ2v) is 7.08. The van der Waals surface area contributed by atoms with Crippen LogP contribution in [-0.4, -0.2) is 38.0 Å². The maximum Gasteiger partial charge on any atom is 0.287 e. The Hall–Kier alpha value is -1.74. The molecule has 1 aliphatic rings. The van der Waals surface area contributed by atoms with Gasteiger partial charge in [-0.1, -0.05) is 23.7 Å². The fraction of sp³-hybridized carbons (Fsp3) is 0.400. The predicted octanol–water partition coefficient (Wildman–Crippen LogP) is 3.57. The van der Waals surface area contributed by atoms with Gasteiger partial charge in [-0.15, -0.1) is 24.0 Å². The zero-order valence-corrected chi connectivity index (χ0v) is 18.9. The van der Waals surface area contributed by atoms with E-state index in [9.17, 15) is 4.79 Å². The molecule has 0 saturated heterocycles. The highest BCUT2D eigenvalue weighted by Crippen LogP contribution is 2.48. The average Bonchev–Trinajstić information content (AvgIpc) is 3.26. The molecule has 1 aromatic heterocycles. The van der Waals surface area contributed by atoms with Crippen LogP contribution in [0.3, 0.4) is 0 Å². The monoisotopic (exact) mass is 516 g/mol. The molecule has 28 heavy (non-hydrogen) atoms. The molecule has 1 fully saturated rings. The topological polar surface area (TPSA) is 78.7 Å². The van der Waals surface area contributed by atoms with Gasteiger partial charge in [0.2, 0.25) is 0 Å². The van der Waals surface area contributed by atoms with Crippen molar-refractivity contribution < 1.29 is 9.21 Å². The lowest BCUT2D eigenvalue weighted by molar-refractivity contribution is 0.0926. The molecule has 1 aliphatic carbocycles. The number of rotatable bonds is 8. The van der Waals surface area contributed by atoms with Crippen LogP contribution in [0.2, 0.25) is 5.02 Å². The van der Waals surface area contributed by atoms with Crippen LogP contribution >= 0.6 is 35.6 Å². The zero-order valence-electron chi connectivity index (χ0n) is 15.8. The van der Waals surface area contributed by atoms with Crippen molar-refractivity contribution in [1.82, 2.24) is 16.0 Å². The smallest absolute Gasteiger partial charge is 0.287 e. The van der Waals surface area contributed by atoms with Gasteiger partial charge in [0.15, 0.2) is 11.7 Å². The second kappa shape index (κ2) is 10.7. The number of aliphatic imine (C=N–C) groups is 1. The molecule has 0 spiro atoms. The van der Waals surface area contributed by atoms with Crippen LogP contribution in [0, 0.1) is 0 Å². The van der Waals surface area contributed by atoms with Crippen molar-refractivity contribution in [2.75, 3.05) is 26.2 Å². The van der Waals surface area contributed by atoms with Gasteiger partial charge in [0.25, 0.3) is 5.91 Å². The summed E-state index contributed by atoms with van der Waals surface area (Å²) in [6.45, 7) is 4.56. The van der Waals surface area contributed by atoms with Gasteiger partial charge in [0, 0.05) is 30.1 Å². The number of carbonyl (C=O) groups excluding carboxylic acids is 1. The highest BCUT2D eigenvalue weighted by Gasteiger charge is 2.44. The van der Waals surface area contributed by atoms with Crippen LogP contribution < -0.4 is 16.0 Å². The lowest BCUT2D eigenvalue weighted by Gasteiger charge is -2.16. The van der Waals surface area contributed by atoms with Crippen LogP contribution in [0.4, 0.5) is 0 Å². The highest BCUT2D eigenvalue weighted by atomic mass is 127. The van der Waals surface area contributed by atoms with E-state index in [1.165, 1.54) is 11.8 Å². The van der Waals surface area contributed by atoms with Gasteiger partial charge in [0.1, 0.15) is 0 Å². The Bertz CT molecular complexity index is 791. The molecule has 0 aliphatic heterocycles. The van der Waals surface area contributed by atoms with E-state index in [2.05, 4.69) is 22.0 Å². The molecule has 0 radical (unpaired) electrons. The zero-order chi connectivity index (χ0) is 19.1. The minimum Gasteiger partial charge on any atom is -0.459 e. The molecule has 1 aromatic carbocycles. The SMILES string of the molecule is CCNC(=NCC1(c2cccc(Cl)c2)CC1)NCCNC(=O)c1ccco1.I. The van der Waals surface area contributed by atoms with E-state index in [0.717, 1.165) is 30.4 Å². The Kier molecular flexibility index (Phi) is 8.62. The number of nitrogens with one attached hydrogen (secondary N) is 3. The molecule has 1 heterocycles. The van der Waals surface area contributed by atoms with Crippen molar-refractivity contribution in [1.29, 1.82) is 0 Å². The fourth-order valence-electron chi connectivity index (χ4n) is 2.93. The van der Waals surface area contributed by atoms with Crippen LogP contribution in [0.1, 0.15) is 35.9 Å². The van der Waals surface area contributed by atoms with Crippen molar-refractivity contribution in [3.63, 3.8) is 0 Å². The molecule has 6 nitrogen and oxygen atoms in total. The lowest BCUT2D eigenvalue weighted by atomic mass is 9.96. The normalized spacial score (nSPS) is 14.7. The maximum atomic E-state index is 11.8. The van der Waals surface area contributed by atoms with Crippen LogP contribution in [0.25, 0.3) is 0 Å². The van der Waals surface area contributed by atoms with Gasteiger partial charge in [-0.2, -0.15) is 0 Å². The van der Waals surface area contributed by atoms with E-state index in [1.807, 2.05) is 25.1 Å². The number of benzene rings is 1. The van der Waals surface area contributed by atoms with Crippen molar-refractivity contribution in [3.8, 4) is 0 Å². The van der Waals surface area contributed by atoms with Gasteiger partial charge in [0.05, 0.1) is 12.8 Å². The summed E-state index contributed by atoms with van der Waals surface area (Å²) in [4.78, 5) is 16.6. The first-order valence-corrected chi connectivity index (χ1v) is 9.61. The Morgan fingerprint density at radius 3 is 2.61 bits per heavy atom. The number of hydrogen-bond donors (Lipinski definition) is 3. The van der Waals surface area contributed by atoms with Crippen LogP contribution in [0.15, 0.2) is 52.1 Å². The number of furan rings is 1. The summed E-state index contributed by atoms with van der Waals surface area (Å²) in [6.07, 6.45) is 3.72. The van der Waals surface area contributed by atoms with Crippen molar-refractivity contribution >= 4 is 47.4 Å². The van der Waals surface area contributed by atoms with Crippen LogP contribution in [0.5, 0.6) is 0 Å². The molecule has 152 valence electrons. The number of nitrogens with zero attached hydrogens (tertiary/aromatic N) is 1. The summed E-state index contributed by atoms with van der Waals surface area (Å²) in [7, 11) is 0. The first-order chi connectivity index (χ1) is 13.1. The minimum absolute atomic E-state index is 0. The molecule has 0 atom stereocenters. The Morgan fingerprint density at radius 2 is 1.96 bits per heavy atom. The highest BCUT2D eigenvalue weighted by molar-refractivity contribution is 14.0. The molecular weight excluding hydrogens is 491 g/mol. The summed E-state index contributed by atoms with van der Waals surface area (Å²) in [5.41, 5.74) is 1.35. The summed E-state index contributed by atoms with van der Waals surface area (Å²) < 4.78 is 5.07. The fourth-order valence-corrected chi connectivity index (χ4v) is 3.12. The first kappa shape index (κ1) is 22.5. The molecule has 3 rings (SSSR count). The van der Waals surface area contributed by atoms with Gasteiger partial charge in [-0.3, -0.25) is 9.79 Å². The van der Waals surface area contributed by atoms with E-state index in [4.69, 9.17) is 21.0 Å². The van der Waals surface area contributed by atoms with E-state index in [1.54, 1.807) is 12.1 Å². The number of guanidine groups is 1. The second-order valence-electron chi connectivity index (χ2n) is 6.65. The molecule has 8 heteroatoms. The molecule has 0 unspecified atom stereocenters. The quantitative estimate of drug-likeness (QED) is 0.217. The molecule has 1 saturated carbocycles. The van der Waals surface area contributed by atoms with Gasteiger partial charge >= 0.3 is 0 Å². The molecule has 0 bridgehead atoms. The first-order valence-electron chi connectivity index (χ1n) is 9.23. The largest absolute Gasteiger partial charge is 0.459 e. The minimum atomic E-state index is -0.221. The number of halogens is 2. The van der Waals surface area contributed by atoms with Crippen molar-refractivity contribution in [3.05, 3.63) is 59.0 Å². The van der Waals surface area contributed by atoms with E-state index >= 15 is 0 Å². The third-order valence-electron chi connectivity index (χ3n) is 4.62. The summed E-state index contributed by atoms with van der Waals surface area (Å²) in [5, 5.41) is 10.1. The van der Waals surface area contributed by atoms with E-state index < -0.39 is 0 Å². The number of carbonyl (C=O) groups is 1. The summed E-state index contributed by atoms with van der Waals surface area (Å²) in [5.74, 6) is 0.840. The third-order valence-corrected chi connectivity index (χ3v) is 4.86. The Balaban J connectivity index is 0.00000280. The Labute approximate surface area is 187 Å². The van der Waals surface area contributed by atoms with E-state index in [-0.39, 0.29) is 35.3 Å². The standard InChI is InChI=1S/C20H25ClN4O2.HI/c1-2-22-19(24-11-10-23-18(26)17-7-4-12-27-17)25-14-20(8-9-20)15-5-3-6-16(21)13-15;/h3-7,12-13H,2,8-11,14H2,1H3,(H,23,26)(H2,22,24,25);1H. The van der Waals surface area contributed by atoms with Crippen molar-refractivity contribution in [2.24, 2.45) is 4.99 Å². The number of amides is 1. The predicted molar refractivity (Wildman–Crippen MR) is 123 cm³/mol. The summed E-state index contributed by atoms with van der Waals surface area (Å²) in [6, 6.07) is 11.4. The van der Waals surface area contributed by atoms with Crippen molar-refractivity contribution in [2.45, 2.75) is 25.2 Å². The molecule has 2 aromatic rings. The molecule has 3 N–H and O–H groups in total. The van der Waals surface area contributed by atoms with Gasteiger partial charge < -0.3 is 20.4 Å². The van der Waals surface area contributed by atoms with E-state index in [0.29, 0.717) is 25.4 Å². The van der Waals surface area contributed by atoms with Crippen LogP contribution in [-0.2, 0) is 5.41 Å². The molecule has 1 amide bonds. The number of hydrogen-bond acceptors (Lipinski definition) is 3. The average molecular weight is 517 g/mol. The third kappa shape index (κ3) is 6.13. The Morgan fingerprint density at radius 1 is 1.18 bits per heavy atom.